The molecule has 0 saturated heterocycles. The number of nitrogens with zero attached hydrogens (tertiary/aromatic N) is 2. The Bertz CT molecular complexity index is 1050. The Morgan fingerprint density at radius 3 is 2.62 bits per heavy atom. The molecule has 0 atom stereocenters. The lowest BCUT2D eigenvalue weighted by Gasteiger charge is -2.12. The van der Waals surface area contributed by atoms with Gasteiger partial charge >= 0.3 is 0 Å². The minimum Gasteiger partial charge on any atom is -0.486 e. The van der Waals surface area contributed by atoms with E-state index in [1.54, 1.807) is 0 Å². The molecule has 0 bridgehead atoms. The fourth-order valence-corrected chi connectivity index (χ4v) is 3.26. The van der Waals surface area contributed by atoms with Gasteiger partial charge in [0.1, 0.15) is 18.2 Å². The lowest BCUT2D eigenvalue weighted by molar-refractivity contribution is 0.291. The third-order valence-electron chi connectivity index (χ3n) is 4.38. The van der Waals surface area contributed by atoms with E-state index in [4.69, 9.17) is 21.3 Å². The summed E-state index contributed by atoms with van der Waals surface area (Å²) < 4.78 is 8.17. The number of fused-ring (bicyclic) bond motifs is 1. The first kappa shape index (κ1) is 16.7. The lowest BCUT2D eigenvalue weighted by Crippen LogP contribution is -2.08. The Kier molecular flexibility index (Phi) is 4.63. The van der Waals surface area contributed by atoms with Crippen LogP contribution in [0.15, 0.2) is 72.8 Å². The van der Waals surface area contributed by atoms with Gasteiger partial charge < -0.3 is 9.30 Å². The molecule has 1 heterocycles. The molecule has 26 heavy (non-hydrogen) atoms. The number of para-hydroxylation sites is 2. The van der Waals surface area contributed by atoms with E-state index in [-0.39, 0.29) is 0 Å². The first-order valence-electron chi connectivity index (χ1n) is 8.58. The molecule has 130 valence electrons. The molecule has 0 fully saturated rings. The van der Waals surface area contributed by atoms with Crippen LogP contribution >= 0.6 is 11.6 Å². The summed E-state index contributed by atoms with van der Waals surface area (Å²) in [5, 5.41) is 0.760. The first-order valence-corrected chi connectivity index (χ1v) is 8.95. The molecule has 0 spiro atoms. The van der Waals surface area contributed by atoms with Crippen molar-refractivity contribution in [2.45, 2.75) is 20.1 Å². The zero-order valence-corrected chi connectivity index (χ0v) is 15.3. The second-order valence-corrected chi connectivity index (χ2v) is 6.71. The largest absolute Gasteiger partial charge is 0.486 e. The quantitative estimate of drug-likeness (QED) is 0.460. The van der Waals surface area contributed by atoms with Crippen LogP contribution in [-0.4, -0.2) is 9.55 Å². The molecule has 0 aliphatic heterocycles. The first-order chi connectivity index (χ1) is 12.7. The zero-order chi connectivity index (χ0) is 17.9. The van der Waals surface area contributed by atoms with Crippen LogP contribution in [0.1, 0.15) is 17.0 Å². The van der Waals surface area contributed by atoms with Crippen molar-refractivity contribution in [3.63, 3.8) is 0 Å². The molecular weight excluding hydrogens is 344 g/mol. The van der Waals surface area contributed by atoms with E-state index in [2.05, 4.69) is 23.6 Å². The van der Waals surface area contributed by atoms with E-state index in [1.165, 1.54) is 5.56 Å². The minimum atomic E-state index is 0.405. The number of halogens is 1. The van der Waals surface area contributed by atoms with Crippen LogP contribution in [0.5, 0.6) is 5.75 Å². The Labute approximate surface area is 157 Å². The average molecular weight is 363 g/mol. The number of benzene rings is 3. The number of imidazole rings is 1. The zero-order valence-electron chi connectivity index (χ0n) is 14.5. The van der Waals surface area contributed by atoms with Crippen LogP contribution in [-0.2, 0) is 13.2 Å². The highest BCUT2D eigenvalue weighted by molar-refractivity contribution is 6.31. The van der Waals surface area contributed by atoms with Gasteiger partial charge in [-0.15, -0.1) is 0 Å². The van der Waals surface area contributed by atoms with Gasteiger partial charge in [-0.1, -0.05) is 54.1 Å². The number of aryl methyl sites for hydroxylation is 1. The van der Waals surface area contributed by atoms with Gasteiger partial charge in [0, 0.05) is 5.02 Å². The van der Waals surface area contributed by atoms with Gasteiger partial charge in [-0.3, -0.25) is 0 Å². The fourth-order valence-electron chi connectivity index (χ4n) is 3.06. The van der Waals surface area contributed by atoms with Crippen molar-refractivity contribution in [1.82, 2.24) is 9.55 Å². The second kappa shape index (κ2) is 7.22. The maximum Gasteiger partial charge on any atom is 0.148 e. The number of rotatable bonds is 5. The molecule has 0 aliphatic carbocycles. The van der Waals surface area contributed by atoms with Crippen molar-refractivity contribution in [3.05, 3.63) is 94.8 Å². The maximum atomic E-state index is 6.37. The highest BCUT2D eigenvalue weighted by Crippen LogP contribution is 2.23. The summed E-state index contributed by atoms with van der Waals surface area (Å²) in [4.78, 5) is 4.77. The van der Waals surface area contributed by atoms with Crippen LogP contribution < -0.4 is 4.74 Å². The summed E-state index contributed by atoms with van der Waals surface area (Å²) in [6, 6.07) is 24.1. The Morgan fingerprint density at radius 2 is 1.77 bits per heavy atom. The lowest BCUT2D eigenvalue weighted by atomic mass is 10.2. The molecule has 0 amide bonds. The molecule has 0 N–H and O–H groups in total. The number of hydrogen-bond donors (Lipinski definition) is 0. The third kappa shape index (κ3) is 3.44. The molecule has 3 nitrogen and oxygen atoms in total. The minimum absolute atomic E-state index is 0.405. The monoisotopic (exact) mass is 362 g/mol. The van der Waals surface area contributed by atoms with E-state index < -0.39 is 0 Å². The van der Waals surface area contributed by atoms with Crippen LogP contribution in [0.25, 0.3) is 11.0 Å². The number of hydrogen-bond acceptors (Lipinski definition) is 2. The summed E-state index contributed by atoms with van der Waals surface area (Å²) in [6.07, 6.45) is 0. The van der Waals surface area contributed by atoms with Crippen LogP contribution in [0.4, 0.5) is 0 Å². The number of ether oxygens (including phenoxy) is 1. The molecule has 4 aromatic rings. The van der Waals surface area contributed by atoms with E-state index in [1.807, 2.05) is 60.7 Å². The molecule has 4 heteroatoms. The highest BCUT2D eigenvalue weighted by Gasteiger charge is 2.13. The van der Waals surface area contributed by atoms with Gasteiger partial charge in [0.05, 0.1) is 17.6 Å². The topological polar surface area (TPSA) is 27.1 Å². The molecule has 0 radical (unpaired) electrons. The average Bonchev–Trinajstić information content (AvgIpc) is 3.00. The van der Waals surface area contributed by atoms with Gasteiger partial charge in [-0.05, 0) is 48.4 Å². The van der Waals surface area contributed by atoms with Crippen LogP contribution in [0.2, 0.25) is 5.02 Å². The Morgan fingerprint density at radius 1 is 0.962 bits per heavy atom. The van der Waals surface area contributed by atoms with E-state index in [0.717, 1.165) is 33.2 Å². The summed E-state index contributed by atoms with van der Waals surface area (Å²) in [5.41, 5.74) is 4.28. The molecule has 3 aromatic carbocycles. The highest BCUT2D eigenvalue weighted by atomic mass is 35.5. The normalized spacial score (nSPS) is 11.0. The van der Waals surface area contributed by atoms with Gasteiger partial charge in [0.15, 0.2) is 0 Å². The van der Waals surface area contributed by atoms with Crippen molar-refractivity contribution < 1.29 is 4.74 Å². The van der Waals surface area contributed by atoms with Crippen LogP contribution in [0, 0.1) is 6.92 Å². The maximum absolute atomic E-state index is 6.37. The molecular formula is C22H19ClN2O. The van der Waals surface area contributed by atoms with Gasteiger partial charge in [-0.25, -0.2) is 4.98 Å². The fraction of sp³-hybridized carbons (Fsp3) is 0.136. The van der Waals surface area contributed by atoms with E-state index >= 15 is 0 Å². The van der Waals surface area contributed by atoms with Gasteiger partial charge in [0.2, 0.25) is 0 Å². The van der Waals surface area contributed by atoms with Crippen molar-refractivity contribution in [3.8, 4) is 5.75 Å². The van der Waals surface area contributed by atoms with E-state index in [0.29, 0.717) is 13.2 Å². The Hall–Kier alpha value is -2.78. The van der Waals surface area contributed by atoms with Crippen molar-refractivity contribution in [1.29, 1.82) is 0 Å². The summed E-state index contributed by atoms with van der Waals surface area (Å²) >= 11 is 6.37. The SMILES string of the molecule is Cc1cccc(OCc2nc3ccccc3n2Cc2ccccc2Cl)c1. The van der Waals surface area contributed by atoms with Crippen molar-refractivity contribution >= 4 is 22.6 Å². The summed E-state index contributed by atoms with van der Waals surface area (Å²) in [7, 11) is 0. The standard InChI is InChI=1S/C22H19ClN2O/c1-16-7-6-9-18(13-16)26-15-22-24-20-11-4-5-12-21(20)25(22)14-17-8-2-3-10-19(17)23/h2-13H,14-15H2,1H3. The predicted molar refractivity (Wildman–Crippen MR) is 106 cm³/mol. The van der Waals surface area contributed by atoms with E-state index in [9.17, 15) is 0 Å². The smallest absolute Gasteiger partial charge is 0.148 e. The summed E-state index contributed by atoms with van der Waals surface area (Å²) in [6.45, 7) is 3.12. The third-order valence-corrected chi connectivity index (χ3v) is 4.75. The van der Waals surface area contributed by atoms with Crippen LogP contribution in [0.3, 0.4) is 0 Å². The van der Waals surface area contributed by atoms with Crippen molar-refractivity contribution in [2.75, 3.05) is 0 Å². The molecule has 4 rings (SSSR count). The molecule has 0 saturated carbocycles. The number of aromatic nitrogens is 2. The second-order valence-electron chi connectivity index (χ2n) is 6.30. The Balaban J connectivity index is 1.68. The van der Waals surface area contributed by atoms with Gasteiger partial charge in [-0.2, -0.15) is 0 Å². The predicted octanol–water partition coefficient (Wildman–Crippen LogP) is 5.63. The molecule has 1 aromatic heterocycles. The van der Waals surface area contributed by atoms with Gasteiger partial charge in [0.25, 0.3) is 0 Å². The van der Waals surface area contributed by atoms with Crippen molar-refractivity contribution in [2.24, 2.45) is 0 Å². The summed E-state index contributed by atoms with van der Waals surface area (Å²) in [5.74, 6) is 1.73. The molecule has 0 unspecified atom stereocenters. The molecule has 0 aliphatic rings.